The predicted molar refractivity (Wildman–Crippen MR) is 67.1 cm³/mol. The molecule has 0 aromatic rings. The first-order valence-electron chi connectivity index (χ1n) is 6.35. The minimum atomic E-state index is -0.175. The molecule has 0 saturated heterocycles. The van der Waals surface area contributed by atoms with Gasteiger partial charge >= 0.3 is 0 Å². The molecule has 0 rings (SSSR count). The van der Waals surface area contributed by atoms with E-state index >= 15 is 0 Å². The topological polar surface area (TPSA) is 23.5 Å². The van der Waals surface area contributed by atoms with Gasteiger partial charge in [0.25, 0.3) is 0 Å². The molecular formula is C13H29NO. The van der Waals surface area contributed by atoms with Crippen LogP contribution < -0.4 is 0 Å². The van der Waals surface area contributed by atoms with Crippen LogP contribution in [0.1, 0.15) is 53.9 Å². The third-order valence-electron chi connectivity index (χ3n) is 3.58. The fourth-order valence-corrected chi connectivity index (χ4v) is 2.09. The van der Waals surface area contributed by atoms with E-state index in [0.29, 0.717) is 18.0 Å². The molecule has 0 aliphatic rings. The molecule has 92 valence electrons. The Bertz CT molecular complexity index is 159. The first-order chi connectivity index (χ1) is 6.95. The summed E-state index contributed by atoms with van der Waals surface area (Å²) in [5.74, 6) is 0.637. The van der Waals surface area contributed by atoms with Crippen LogP contribution in [0.5, 0.6) is 0 Å². The molecule has 0 heterocycles. The van der Waals surface area contributed by atoms with Crippen LogP contribution in [0, 0.1) is 5.92 Å². The van der Waals surface area contributed by atoms with Crippen molar-refractivity contribution in [3.05, 3.63) is 0 Å². The van der Waals surface area contributed by atoms with Gasteiger partial charge in [-0.1, -0.05) is 34.1 Å². The normalized spacial score (nSPS) is 18.2. The van der Waals surface area contributed by atoms with E-state index in [9.17, 15) is 5.11 Å². The molecule has 1 N–H and O–H groups in total. The van der Waals surface area contributed by atoms with Crippen molar-refractivity contribution in [2.75, 3.05) is 7.05 Å². The van der Waals surface area contributed by atoms with Crippen molar-refractivity contribution in [2.24, 2.45) is 5.92 Å². The van der Waals surface area contributed by atoms with E-state index in [0.717, 1.165) is 19.3 Å². The second kappa shape index (κ2) is 7.24. The lowest BCUT2D eigenvalue weighted by Crippen LogP contribution is -2.47. The highest BCUT2D eigenvalue weighted by molar-refractivity contribution is 4.80. The second-order valence-corrected chi connectivity index (χ2v) is 4.98. The summed E-state index contributed by atoms with van der Waals surface area (Å²) in [5.41, 5.74) is 0. The third kappa shape index (κ3) is 4.52. The predicted octanol–water partition coefficient (Wildman–Crippen LogP) is 2.90. The van der Waals surface area contributed by atoms with Gasteiger partial charge in [-0.15, -0.1) is 0 Å². The van der Waals surface area contributed by atoms with E-state index in [4.69, 9.17) is 0 Å². The van der Waals surface area contributed by atoms with Crippen LogP contribution in [0.2, 0.25) is 0 Å². The van der Waals surface area contributed by atoms with E-state index in [1.165, 1.54) is 0 Å². The summed E-state index contributed by atoms with van der Waals surface area (Å²) >= 11 is 0. The van der Waals surface area contributed by atoms with Crippen LogP contribution in [0.4, 0.5) is 0 Å². The Morgan fingerprint density at radius 1 is 1.13 bits per heavy atom. The van der Waals surface area contributed by atoms with Crippen molar-refractivity contribution in [1.82, 2.24) is 4.90 Å². The maximum Gasteiger partial charge on any atom is 0.0695 e. The third-order valence-corrected chi connectivity index (χ3v) is 3.58. The van der Waals surface area contributed by atoms with Crippen LogP contribution in [0.15, 0.2) is 0 Å². The fourth-order valence-electron chi connectivity index (χ4n) is 2.09. The van der Waals surface area contributed by atoms with Gasteiger partial charge in [0, 0.05) is 12.1 Å². The molecule has 0 aromatic heterocycles. The quantitative estimate of drug-likeness (QED) is 0.706. The SMILES string of the molecule is CCCC(O)C(CC)N(C)C(C)C(C)C. The van der Waals surface area contributed by atoms with Crippen LogP contribution in [-0.2, 0) is 0 Å². The Balaban J connectivity index is 4.38. The molecule has 0 fully saturated rings. The van der Waals surface area contributed by atoms with Gasteiger partial charge in [0.1, 0.15) is 0 Å². The van der Waals surface area contributed by atoms with Crippen molar-refractivity contribution in [3.8, 4) is 0 Å². The van der Waals surface area contributed by atoms with Gasteiger partial charge in [0.2, 0.25) is 0 Å². The van der Waals surface area contributed by atoms with Gasteiger partial charge in [-0.2, -0.15) is 0 Å². The molecule has 3 atom stereocenters. The minimum absolute atomic E-state index is 0.175. The average Bonchev–Trinajstić information content (AvgIpc) is 2.17. The lowest BCUT2D eigenvalue weighted by atomic mass is 9.97. The monoisotopic (exact) mass is 215 g/mol. The summed E-state index contributed by atoms with van der Waals surface area (Å²) in [5, 5.41) is 10.1. The van der Waals surface area contributed by atoms with Gasteiger partial charge < -0.3 is 5.11 Å². The molecule has 0 spiro atoms. The zero-order chi connectivity index (χ0) is 12.0. The summed E-state index contributed by atoms with van der Waals surface area (Å²) in [6.07, 6.45) is 2.82. The summed E-state index contributed by atoms with van der Waals surface area (Å²) < 4.78 is 0. The number of rotatable bonds is 7. The van der Waals surface area contributed by atoms with Crippen LogP contribution >= 0.6 is 0 Å². The van der Waals surface area contributed by atoms with Crippen molar-refractivity contribution in [1.29, 1.82) is 0 Å². The highest BCUT2D eigenvalue weighted by Gasteiger charge is 2.25. The molecule has 3 unspecified atom stereocenters. The van der Waals surface area contributed by atoms with E-state index in [-0.39, 0.29) is 6.10 Å². The first kappa shape index (κ1) is 14.9. The molecule has 0 radical (unpaired) electrons. The van der Waals surface area contributed by atoms with E-state index in [1.807, 2.05) is 0 Å². The summed E-state index contributed by atoms with van der Waals surface area (Å²) in [6.45, 7) is 11.0. The lowest BCUT2D eigenvalue weighted by Gasteiger charge is -2.37. The molecule has 0 aromatic carbocycles. The zero-order valence-corrected chi connectivity index (χ0v) is 11.3. The largest absolute Gasteiger partial charge is 0.391 e. The lowest BCUT2D eigenvalue weighted by molar-refractivity contribution is 0.0262. The molecule has 0 saturated carbocycles. The molecule has 0 aliphatic heterocycles. The Hall–Kier alpha value is -0.0800. The number of aliphatic hydroxyl groups excluding tert-OH is 1. The number of aliphatic hydroxyl groups is 1. The second-order valence-electron chi connectivity index (χ2n) is 4.98. The van der Waals surface area contributed by atoms with Crippen molar-refractivity contribution >= 4 is 0 Å². The van der Waals surface area contributed by atoms with E-state index < -0.39 is 0 Å². The average molecular weight is 215 g/mol. The van der Waals surface area contributed by atoms with Crippen molar-refractivity contribution in [2.45, 2.75) is 72.1 Å². The van der Waals surface area contributed by atoms with Gasteiger partial charge in [0.15, 0.2) is 0 Å². The van der Waals surface area contributed by atoms with Crippen molar-refractivity contribution in [3.63, 3.8) is 0 Å². The maximum atomic E-state index is 10.1. The van der Waals surface area contributed by atoms with Gasteiger partial charge in [-0.05, 0) is 32.7 Å². The molecule has 2 nitrogen and oxygen atoms in total. The van der Waals surface area contributed by atoms with E-state index in [2.05, 4.69) is 46.6 Å². The number of hydrogen-bond acceptors (Lipinski definition) is 2. The number of likely N-dealkylation sites (N-methyl/N-ethyl adjacent to an activating group) is 1. The summed E-state index contributed by atoms with van der Waals surface area (Å²) in [4.78, 5) is 2.34. The molecule has 15 heavy (non-hydrogen) atoms. The van der Waals surface area contributed by atoms with Crippen LogP contribution in [0.3, 0.4) is 0 Å². The highest BCUT2D eigenvalue weighted by atomic mass is 16.3. The molecule has 0 amide bonds. The minimum Gasteiger partial charge on any atom is -0.391 e. The smallest absolute Gasteiger partial charge is 0.0695 e. The van der Waals surface area contributed by atoms with Gasteiger partial charge in [0.05, 0.1) is 6.10 Å². The summed E-state index contributed by atoms with van der Waals surface area (Å²) in [7, 11) is 2.14. The Morgan fingerprint density at radius 2 is 1.67 bits per heavy atom. The maximum absolute atomic E-state index is 10.1. The summed E-state index contributed by atoms with van der Waals surface area (Å²) in [6, 6.07) is 0.837. The molecule has 0 bridgehead atoms. The Labute approximate surface area is 95.7 Å². The standard InChI is InChI=1S/C13H29NO/c1-7-9-13(15)12(8-2)14(6)11(5)10(3)4/h10-13,15H,7-9H2,1-6H3. The number of nitrogens with zero attached hydrogens (tertiary/aromatic N) is 1. The van der Waals surface area contributed by atoms with Gasteiger partial charge in [-0.25, -0.2) is 0 Å². The van der Waals surface area contributed by atoms with Crippen LogP contribution in [-0.4, -0.2) is 35.2 Å². The number of hydrogen-bond donors (Lipinski definition) is 1. The van der Waals surface area contributed by atoms with Crippen molar-refractivity contribution < 1.29 is 5.11 Å². The Kier molecular flexibility index (Phi) is 7.20. The Morgan fingerprint density at radius 3 is 2.00 bits per heavy atom. The van der Waals surface area contributed by atoms with Crippen LogP contribution in [0.25, 0.3) is 0 Å². The first-order valence-corrected chi connectivity index (χ1v) is 6.35. The van der Waals surface area contributed by atoms with E-state index in [1.54, 1.807) is 0 Å². The molecule has 2 heteroatoms. The van der Waals surface area contributed by atoms with Gasteiger partial charge in [-0.3, -0.25) is 4.90 Å². The molecule has 0 aliphatic carbocycles. The fraction of sp³-hybridized carbons (Fsp3) is 1.00. The zero-order valence-electron chi connectivity index (χ0n) is 11.3. The highest BCUT2D eigenvalue weighted by Crippen LogP contribution is 2.18. The molecular weight excluding hydrogens is 186 g/mol.